The summed E-state index contributed by atoms with van der Waals surface area (Å²) in [6, 6.07) is 18.9. The van der Waals surface area contributed by atoms with Crippen molar-refractivity contribution >= 4 is 33.6 Å². The summed E-state index contributed by atoms with van der Waals surface area (Å²) in [7, 11) is 0. The minimum Gasteiger partial charge on any atom is -0.399 e. The van der Waals surface area contributed by atoms with E-state index in [2.05, 4.69) is 35.9 Å². The van der Waals surface area contributed by atoms with Crippen LogP contribution in [0.25, 0.3) is 44.5 Å². The summed E-state index contributed by atoms with van der Waals surface area (Å²) in [6.45, 7) is 2.15. The number of fused-ring (bicyclic) bond motifs is 1. The first-order chi connectivity index (χ1) is 19.5. The fourth-order valence-corrected chi connectivity index (χ4v) is 5.70. The van der Waals surface area contributed by atoms with Crippen LogP contribution in [0.15, 0.2) is 72.8 Å². The standard InChI is InChI=1S/C32H21F7OS/c1-2-3-24-14-22-11-10-21(17-29(22)41-24)20-8-6-18(7-9-20)4-5-19-12-25(33)30(26(34)13-19)23-15-27(35)31(28(36)16-23)40-32(37,38)39/h4-17H,2-3H2,1H3/b5-4+. The van der Waals surface area contributed by atoms with Crippen molar-refractivity contribution in [2.24, 2.45) is 0 Å². The number of alkyl halides is 3. The van der Waals surface area contributed by atoms with E-state index in [9.17, 15) is 30.7 Å². The maximum Gasteiger partial charge on any atom is 0.573 e. The number of thiophene rings is 1. The van der Waals surface area contributed by atoms with E-state index < -0.39 is 46.5 Å². The number of aryl methyl sites for hydroxylation is 1. The van der Waals surface area contributed by atoms with Crippen LogP contribution in [0, 0.1) is 23.3 Å². The van der Waals surface area contributed by atoms with Crippen LogP contribution >= 0.6 is 11.3 Å². The summed E-state index contributed by atoms with van der Waals surface area (Å²) < 4.78 is 99.5. The normalized spacial score (nSPS) is 12.0. The second-order valence-corrected chi connectivity index (χ2v) is 10.5. The highest BCUT2D eigenvalue weighted by molar-refractivity contribution is 7.19. The Morgan fingerprint density at radius 2 is 1.29 bits per heavy atom. The summed E-state index contributed by atoms with van der Waals surface area (Å²) in [6.07, 6.45) is -0.0722. The van der Waals surface area contributed by atoms with Gasteiger partial charge in [-0.1, -0.05) is 61.9 Å². The molecule has 1 heterocycles. The highest BCUT2D eigenvalue weighted by atomic mass is 32.1. The van der Waals surface area contributed by atoms with Crippen LogP contribution in [0.3, 0.4) is 0 Å². The summed E-state index contributed by atoms with van der Waals surface area (Å²) in [5.74, 6) is -7.50. The molecule has 0 saturated heterocycles. The van der Waals surface area contributed by atoms with E-state index in [0.717, 1.165) is 41.7 Å². The molecule has 210 valence electrons. The molecule has 0 radical (unpaired) electrons. The van der Waals surface area contributed by atoms with E-state index in [1.54, 1.807) is 17.4 Å². The Balaban J connectivity index is 1.35. The van der Waals surface area contributed by atoms with E-state index >= 15 is 0 Å². The van der Waals surface area contributed by atoms with Crippen LogP contribution in [0.5, 0.6) is 5.75 Å². The number of benzene rings is 4. The number of halogens is 7. The highest BCUT2D eigenvalue weighted by Gasteiger charge is 2.34. The van der Waals surface area contributed by atoms with Gasteiger partial charge < -0.3 is 4.74 Å². The van der Waals surface area contributed by atoms with Crippen LogP contribution in [0.1, 0.15) is 29.3 Å². The average Bonchev–Trinajstić information content (AvgIpc) is 3.31. The maximum atomic E-state index is 14.8. The molecule has 0 fully saturated rings. The van der Waals surface area contributed by atoms with Gasteiger partial charge in [0.05, 0.1) is 5.56 Å². The third-order valence-electron chi connectivity index (χ3n) is 6.35. The molecule has 5 rings (SSSR count). The number of hydrogen-bond acceptors (Lipinski definition) is 2. The average molecular weight is 587 g/mol. The number of rotatable bonds is 7. The largest absolute Gasteiger partial charge is 0.573 e. The number of ether oxygens (including phenoxy) is 1. The van der Waals surface area contributed by atoms with Gasteiger partial charge in [0.15, 0.2) is 11.6 Å². The number of hydrogen-bond donors (Lipinski definition) is 0. The van der Waals surface area contributed by atoms with Gasteiger partial charge in [0.1, 0.15) is 11.6 Å². The molecule has 4 aromatic carbocycles. The Labute approximate surface area is 235 Å². The van der Waals surface area contributed by atoms with Gasteiger partial charge in [-0.2, -0.15) is 0 Å². The van der Waals surface area contributed by atoms with Gasteiger partial charge in [-0.05, 0) is 76.0 Å². The zero-order valence-electron chi connectivity index (χ0n) is 21.5. The predicted molar refractivity (Wildman–Crippen MR) is 149 cm³/mol. The van der Waals surface area contributed by atoms with Crippen LogP contribution in [0.4, 0.5) is 30.7 Å². The summed E-state index contributed by atoms with van der Waals surface area (Å²) in [5, 5.41) is 1.22. The predicted octanol–water partition coefficient (Wildman–Crippen LogP) is 10.8. The molecular formula is C32H21F7OS. The SMILES string of the molecule is CCCc1cc2ccc(-c3ccc(/C=C/c4cc(F)c(-c5cc(F)c(OC(F)(F)F)c(F)c5)c(F)c4)cc3)cc2s1. The summed E-state index contributed by atoms with van der Waals surface area (Å²) in [4.78, 5) is 1.36. The van der Waals surface area contributed by atoms with Crippen LogP contribution < -0.4 is 4.74 Å². The molecule has 5 aromatic rings. The molecule has 0 aliphatic carbocycles. The molecule has 0 bridgehead atoms. The second kappa shape index (κ2) is 11.4. The zero-order chi connectivity index (χ0) is 29.3. The molecule has 0 aliphatic heterocycles. The van der Waals surface area contributed by atoms with Gasteiger partial charge in [-0.15, -0.1) is 24.5 Å². The Morgan fingerprint density at radius 1 is 0.683 bits per heavy atom. The van der Waals surface area contributed by atoms with Gasteiger partial charge in [0.2, 0.25) is 5.75 Å². The smallest absolute Gasteiger partial charge is 0.399 e. The Bertz CT molecular complexity index is 1700. The lowest BCUT2D eigenvalue weighted by Crippen LogP contribution is -2.19. The molecule has 0 N–H and O–H groups in total. The van der Waals surface area contributed by atoms with Crippen molar-refractivity contribution < 1.29 is 35.5 Å². The van der Waals surface area contributed by atoms with Crippen molar-refractivity contribution in [3.05, 3.63) is 112 Å². The fourth-order valence-electron chi connectivity index (χ4n) is 4.50. The Morgan fingerprint density at radius 3 is 1.90 bits per heavy atom. The maximum absolute atomic E-state index is 14.8. The van der Waals surface area contributed by atoms with E-state index in [1.165, 1.54) is 21.0 Å². The minimum atomic E-state index is -5.34. The van der Waals surface area contributed by atoms with Crippen LogP contribution in [-0.2, 0) is 6.42 Å². The first kappa shape index (κ1) is 28.4. The van der Waals surface area contributed by atoms with Crippen LogP contribution in [0.2, 0.25) is 0 Å². The van der Waals surface area contributed by atoms with Gasteiger partial charge in [0.25, 0.3) is 0 Å². The summed E-state index contributed by atoms with van der Waals surface area (Å²) >= 11 is 1.79. The Kier molecular flexibility index (Phi) is 7.91. The molecule has 0 spiro atoms. The van der Waals surface area contributed by atoms with E-state index in [4.69, 9.17) is 0 Å². The highest BCUT2D eigenvalue weighted by Crippen LogP contribution is 2.35. The van der Waals surface area contributed by atoms with Crippen LogP contribution in [-0.4, -0.2) is 6.36 Å². The van der Waals surface area contributed by atoms with Crippen molar-refractivity contribution in [2.45, 2.75) is 26.1 Å². The molecular weight excluding hydrogens is 565 g/mol. The first-order valence-electron chi connectivity index (χ1n) is 12.6. The molecule has 0 atom stereocenters. The lowest BCUT2D eigenvalue weighted by atomic mass is 10.0. The lowest BCUT2D eigenvalue weighted by Gasteiger charge is -2.13. The van der Waals surface area contributed by atoms with Gasteiger partial charge in [0, 0.05) is 9.58 Å². The van der Waals surface area contributed by atoms with Crippen molar-refractivity contribution in [1.82, 2.24) is 0 Å². The summed E-state index contributed by atoms with van der Waals surface area (Å²) in [5.41, 5.74) is 1.60. The third-order valence-corrected chi connectivity index (χ3v) is 7.51. The van der Waals surface area contributed by atoms with Gasteiger partial charge in [-0.25, -0.2) is 17.6 Å². The molecule has 9 heteroatoms. The van der Waals surface area contributed by atoms with Gasteiger partial charge in [-0.3, -0.25) is 0 Å². The van der Waals surface area contributed by atoms with Crippen molar-refractivity contribution in [3.63, 3.8) is 0 Å². The molecule has 1 aromatic heterocycles. The molecule has 41 heavy (non-hydrogen) atoms. The molecule has 0 aliphatic rings. The van der Waals surface area contributed by atoms with Crippen molar-refractivity contribution in [2.75, 3.05) is 0 Å². The van der Waals surface area contributed by atoms with E-state index in [-0.39, 0.29) is 5.56 Å². The Hall–Kier alpha value is -4.11. The topological polar surface area (TPSA) is 9.23 Å². The van der Waals surface area contributed by atoms with Crippen molar-refractivity contribution in [1.29, 1.82) is 0 Å². The minimum absolute atomic E-state index is 0.136. The monoisotopic (exact) mass is 586 g/mol. The second-order valence-electron chi connectivity index (χ2n) is 9.35. The zero-order valence-corrected chi connectivity index (χ0v) is 22.3. The quantitative estimate of drug-likeness (QED) is 0.136. The van der Waals surface area contributed by atoms with E-state index in [1.807, 2.05) is 24.3 Å². The molecule has 1 nitrogen and oxygen atoms in total. The van der Waals surface area contributed by atoms with E-state index in [0.29, 0.717) is 12.1 Å². The third kappa shape index (κ3) is 6.46. The first-order valence-corrected chi connectivity index (χ1v) is 13.4. The van der Waals surface area contributed by atoms with Crippen molar-refractivity contribution in [3.8, 4) is 28.0 Å². The molecule has 0 saturated carbocycles. The fraction of sp³-hybridized carbons (Fsp3) is 0.125. The molecule has 0 amide bonds. The lowest BCUT2D eigenvalue weighted by molar-refractivity contribution is -0.276. The van der Waals surface area contributed by atoms with Gasteiger partial charge >= 0.3 is 6.36 Å². The molecule has 0 unspecified atom stereocenters.